The van der Waals surface area contributed by atoms with Crippen LogP contribution in [0.1, 0.15) is 80.6 Å². The van der Waals surface area contributed by atoms with Crippen molar-refractivity contribution in [3.05, 3.63) is 87.2 Å². The standard InChI is InChI=1S/C35H35ClFNO3/c1-4-16-35(41)17-15-29-27-12-7-22-18-25(39)11-13-26(22)32(27)28(20-34(29,35)2)21-5-9-24(10-6-21)38(3)33(40)23-8-14-31(37)30(36)19-23/h5-6,8-10,14,18-19,27-29,41H,7,11-13,15,17,20H2,1-3H3/t27-,28+,29-,34-,35-/m0/s1. The van der Waals surface area contributed by atoms with Gasteiger partial charge in [-0.1, -0.05) is 42.2 Å². The summed E-state index contributed by atoms with van der Waals surface area (Å²) in [5.74, 6) is 6.37. The quantitative estimate of drug-likeness (QED) is 0.390. The van der Waals surface area contributed by atoms with Crippen LogP contribution in [-0.4, -0.2) is 29.4 Å². The van der Waals surface area contributed by atoms with E-state index in [1.165, 1.54) is 39.8 Å². The normalized spacial score (nSPS) is 30.4. The molecule has 4 aliphatic rings. The van der Waals surface area contributed by atoms with Crippen LogP contribution in [0.5, 0.6) is 0 Å². The predicted octanol–water partition coefficient (Wildman–Crippen LogP) is 7.41. The van der Waals surface area contributed by atoms with Gasteiger partial charge in [0.2, 0.25) is 0 Å². The van der Waals surface area contributed by atoms with Gasteiger partial charge in [0.05, 0.1) is 5.02 Å². The molecule has 0 aromatic heterocycles. The smallest absolute Gasteiger partial charge is 0.258 e. The van der Waals surface area contributed by atoms with Gasteiger partial charge in [0.15, 0.2) is 5.78 Å². The van der Waals surface area contributed by atoms with Crippen LogP contribution in [0, 0.1) is 34.9 Å². The SMILES string of the molecule is CC#C[C@]1(O)CC[C@H]2[C@@H]3CCC4=CC(=O)CCC4=C3[C@@H](c3ccc(N(C)C(=O)c4ccc(F)c(Cl)c4)cc3)C[C@@]21C. The van der Waals surface area contributed by atoms with Crippen molar-refractivity contribution in [2.24, 2.45) is 17.3 Å². The van der Waals surface area contributed by atoms with Crippen LogP contribution in [0.2, 0.25) is 5.02 Å². The number of halogens is 2. The highest BCUT2D eigenvalue weighted by molar-refractivity contribution is 6.31. The molecule has 4 aliphatic carbocycles. The Hall–Kier alpha value is -3.20. The van der Waals surface area contributed by atoms with E-state index in [9.17, 15) is 19.1 Å². The molecule has 0 bridgehead atoms. The lowest BCUT2D eigenvalue weighted by atomic mass is 9.51. The third kappa shape index (κ3) is 4.47. The van der Waals surface area contributed by atoms with Gasteiger partial charge in [-0.2, -0.15) is 0 Å². The molecule has 6 heteroatoms. The topological polar surface area (TPSA) is 57.6 Å². The van der Waals surface area contributed by atoms with Gasteiger partial charge < -0.3 is 10.0 Å². The van der Waals surface area contributed by atoms with E-state index in [1.54, 1.807) is 14.0 Å². The monoisotopic (exact) mass is 571 g/mol. The lowest BCUT2D eigenvalue weighted by Gasteiger charge is -2.53. The Morgan fingerprint density at radius 3 is 2.59 bits per heavy atom. The number of fused-ring (bicyclic) bond motifs is 4. The summed E-state index contributed by atoms with van der Waals surface area (Å²) in [4.78, 5) is 27.0. The molecule has 0 saturated heterocycles. The fraction of sp³-hybridized carbons (Fsp3) is 0.429. The molecule has 0 radical (unpaired) electrons. The van der Waals surface area contributed by atoms with Gasteiger partial charge in [0.1, 0.15) is 11.4 Å². The number of ketones is 1. The third-order valence-corrected chi connectivity index (χ3v) is 10.7. The van der Waals surface area contributed by atoms with E-state index in [0.29, 0.717) is 30.2 Å². The van der Waals surface area contributed by atoms with Gasteiger partial charge in [0.25, 0.3) is 5.91 Å². The summed E-state index contributed by atoms with van der Waals surface area (Å²) < 4.78 is 13.6. The minimum Gasteiger partial charge on any atom is -0.377 e. The second kappa shape index (κ2) is 10.3. The minimum absolute atomic E-state index is 0.0854. The lowest BCUT2D eigenvalue weighted by Crippen LogP contribution is -2.51. The molecule has 2 aromatic carbocycles. The Morgan fingerprint density at radius 2 is 1.88 bits per heavy atom. The maximum absolute atomic E-state index is 13.6. The van der Waals surface area contributed by atoms with Crippen molar-refractivity contribution < 1.29 is 19.1 Å². The Kier molecular flexibility index (Phi) is 6.99. The van der Waals surface area contributed by atoms with Gasteiger partial charge in [-0.25, -0.2) is 4.39 Å². The number of rotatable bonds is 3. The zero-order valence-electron chi connectivity index (χ0n) is 23.8. The molecule has 0 unspecified atom stereocenters. The summed E-state index contributed by atoms with van der Waals surface area (Å²) in [6.45, 7) is 4.03. The first-order valence-electron chi connectivity index (χ1n) is 14.5. The van der Waals surface area contributed by atoms with Crippen LogP contribution in [0.25, 0.3) is 0 Å². The molecule has 0 spiro atoms. The van der Waals surface area contributed by atoms with E-state index in [1.807, 2.05) is 18.2 Å². The van der Waals surface area contributed by atoms with Crippen molar-refractivity contribution in [1.82, 2.24) is 0 Å². The van der Waals surface area contributed by atoms with E-state index in [-0.39, 0.29) is 28.0 Å². The molecule has 4 nitrogen and oxygen atoms in total. The van der Waals surface area contributed by atoms with Crippen molar-refractivity contribution in [3.63, 3.8) is 0 Å². The first-order chi connectivity index (χ1) is 19.6. The number of aliphatic hydroxyl groups is 1. The lowest BCUT2D eigenvalue weighted by molar-refractivity contribution is -0.114. The minimum atomic E-state index is -1.03. The number of nitrogens with zero attached hydrogens (tertiary/aromatic N) is 1. The first kappa shape index (κ1) is 27.9. The van der Waals surface area contributed by atoms with Crippen molar-refractivity contribution in [1.29, 1.82) is 0 Å². The highest BCUT2D eigenvalue weighted by atomic mass is 35.5. The number of hydrogen-bond acceptors (Lipinski definition) is 3. The van der Waals surface area contributed by atoms with Crippen molar-refractivity contribution >= 4 is 29.0 Å². The molecule has 2 saturated carbocycles. The van der Waals surface area contributed by atoms with Crippen molar-refractivity contribution in [2.45, 2.75) is 70.3 Å². The molecule has 5 atom stereocenters. The van der Waals surface area contributed by atoms with Crippen LogP contribution in [-0.2, 0) is 4.79 Å². The van der Waals surface area contributed by atoms with E-state index in [4.69, 9.17) is 11.6 Å². The number of benzene rings is 2. The van der Waals surface area contributed by atoms with E-state index < -0.39 is 11.4 Å². The Bertz CT molecular complexity index is 1560. The molecule has 212 valence electrons. The zero-order valence-corrected chi connectivity index (χ0v) is 24.5. The average Bonchev–Trinajstić information content (AvgIpc) is 3.23. The fourth-order valence-corrected chi connectivity index (χ4v) is 8.43. The highest BCUT2D eigenvalue weighted by Crippen LogP contribution is 2.66. The Labute approximate surface area is 246 Å². The van der Waals surface area contributed by atoms with E-state index >= 15 is 0 Å². The number of anilines is 1. The number of allylic oxidation sites excluding steroid dienone is 4. The molecule has 0 heterocycles. The molecule has 2 aromatic rings. The molecule has 2 fully saturated rings. The van der Waals surface area contributed by atoms with Gasteiger partial charge in [-0.05, 0) is 110 Å². The van der Waals surface area contributed by atoms with Crippen molar-refractivity contribution in [2.75, 3.05) is 11.9 Å². The molecular weight excluding hydrogens is 537 g/mol. The predicted molar refractivity (Wildman–Crippen MR) is 159 cm³/mol. The van der Waals surface area contributed by atoms with Gasteiger partial charge in [-0.3, -0.25) is 9.59 Å². The average molecular weight is 572 g/mol. The summed E-state index contributed by atoms with van der Waals surface area (Å²) in [6.07, 6.45) is 7.51. The summed E-state index contributed by atoms with van der Waals surface area (Å²) in [5.41, 5.74) is 4.80. The van der Waals surface area contributed by atoms with Gasteiger partial charge in [-0.15, -0.1) is 5.92 Å². The van der Waals surface area contributed by atoms with E-state index in [2.05, 4.69) is 30.9 Å². The Morgan fingerprint density at radius 1 is 1.12 bits per heavy atom. The molecule has 1 N–H and O–H groups in total. The van der Waals surface area contributed by atoms with Gasteiger partial charge >= 0.3 is 0 Å². The molecule has 6 rings (SSSR count). The first-order valence-corrected chi connectivity index (χ1v) is 14.9. The summed E-state index contributed by atoms with van der Waals surface area (Å²) in [5, 5.41) is 11.8. The van der Waals surface area contributed by atoms with Crippen LogP contribution >= 0.6 is 11.6 Å². The number of carbonyl (C=O) groups is 2. The summed E-state index contributed by atoms with van der Waals surface area (Å²) in [6, 6.07) is 12.1. The molecule has 41 heavy (non-hydrogen) atoms. The Balaban J connectivity index is 1.39. The summed E-state index contributed by atoms with van der Waals surface area (Å²) in [7, 11) is 1.70. The third-order valence-electron chi connectivity index (χ3n) is 10.4. The fourth-order valence-electron chi connectivity index (χ4n) is 8.25. The number of hydrogen-bond donors (Lipinski definition) is 1. The number of amides is 1. The molecular formula is C35H35ClFNO3. The molecule has 0 aliphatic heterocycles. The maximum Gasteiger partial charge on any atom is 0.258 e. The summed E-state index contributed by atoms with van der Waals surface area (Å²) >= 11 is 5.92. The van der Waals surface area contributed by atoms with Crippen LogP contribution < -0.4 is 4.90 Å². The maximum atomic E-state index is 13.6. The second-order valence-corrected chi connectivity index (χ2v) is 12.8. The highest BCUT2D eigenvalue weighted by Gasteiger charge is 2.62. The van der Waals surface area contributed by atoms with Crippen molar-refractivity contribution in [3.8, 4) is 11.8 Å². The second-order valence-electron chi connectivity index (χ2n) is 12.4. The van der Waals surface area contributed by atoms with Crippen LogP contribution in [0.3, 0.4) is 0 Å². The van der Waals surface area contributed by atoms with Crippen LogP contribution in [0.4, 0.5) is 10.1 Å². The number of carbonyl (C=O) groups excluding carboxylic acids is 2. The largest absolute Gasteiger partial charge is 0.377 e. The molecule has 1 amide bonds. The van der Waals surface area contributed by atoms with E-state index in [0.717, 1.165) is 43.4 Å². The van der Waals surface area contributed by atoms with Crippen LogP contribution in [0.15, 0.2) is 65.3 Å². The zero-order chi connectivity index (χ0) is 29.1. The van der Waals surface area contributed by atoms with Gasteiger partial charge in [0, 0.05) is 36.1 Å².